The van der Waals surface area contributed by atoms with Crippen molar-refractivity contribution in [3.05, 3.63) is 29.6 Å². The van der Waals surface area contributed by atoms with Gasteiger partial charge in [-0.25, -0.2) is 0 Å². The second kappa shape index (κ2) is 5.82. The zero-order valence-corrected chi connectivity index (χ0v) is 11.7. The van der Waals surface area contributed by atoms with Crippen LogP contribution < -0.4 is 5.32 Å². The van der Waals surface area contributed by atoms with Gasteiger partial charge in [0.1, 0.15) is 0 Å². The maximum Gasteiger partial charge on any atom is 0.305 e. The van der Waals surface area contributed by atoms with Crippen molar-refractivity contribution in [2.24, 2.45) is 5.92 Å². The minimum absolute atomic E-state index is 0.00552. The van der Waals surface area contributed by atoms with Crippen LogP contribution in [-0.4, -0.2) is 27.5 Å². The van der Waals surface area contributed by atoms with Crippen molar-refractivity contribution in [3.63, 3.8) is 0 Å². The first kappa shape index (κ1) is 15.1. The lowest BCUT2D eigenvalue weighted by atomic mass is 9.85. The molecule has 0 aliphatic rings. The number of carboxylic acid groups (broad SMARTS) is 1. The number of nitrogens with zero attached hydrogens (tertiary/aromatic N) is 1. The van der Waals surface area contributed by atoms with Gasteiger partial charge in [-0.15, -0.1) is 0 Å². The molecule has 5 heteroatoms. The van der Waals surface area contributed by atoms with E-state index in [0.29, 0.717) is 5.56 Å². The number of carbonyl (C=O) groups is 2. The standard InChI is InChI=1S/C14H20N2O3/c1-9(2)14(4,7-12(17)18)16-13(19)11-6-5-10(3)15-8-11/h5-6,8-9H,7H2,1-4H3,(H,16,19)(H,17,18). The average Bonchev–Trinajstić information content (AvgIpc) is 2.28. The first-order chi connectivity index (χ1) is 8.74. The first-order valence-corrected chi connectivity index (χ1v) is 6.21. The highest BCUT2D eigenvalue weighted by Gasteiger charge is 2.33. The lowest BCUT2D eigenvalue weighted by molar-refractivity contribution is -0.138. The van der Waals surface area contributed by atoms with Crippen molar-refractivity contribution in [2.75, 3.05) is 0 Å². The van der Waals surface area contributed by atoms with Gasteiger partial charge in [0, 0.05) is 11.9 Å². The number of nitrogens with one attached hydrogen (secondary N) is 1. The lowest BCUT2D eigenvalue weighted by Gasteiger charge is -2.33. The van der Waals surface area contributed by atoms with E-state index < -0.39 is 11.5 Å². The predicted molar refractivity (Wildman–Crippen MR) is 71.9 cm³/mol. The van der Waals surface area contributed by atoms with Crippen LogP contribution in [0.4, 0.5) is 0 Å². The first-order valence-electron chi connectivity index (χ1n) is 6.21. The number of rotatable bonds is 5. The van der Waals surface area contributed by atoms with E-state index in [2.05, 4.69) is 10.3 Å². The molecule has 0 radical (unpaired) electrons. The minimum Gasteiger partial charge on any atom is -0.481 e. The lowest BCUT2D eigenvalue weighted by Crippen LogP contribution is -2.51. The summed E-state index contributed by atoms with van der Waals surface area (Å²) < 4.78 is 0. The van der Waals surface area contributed by atoms with Gasteiger partial charge in [-0.05, 0) is 31.9 Å². The van der Waals surface area contributed by atoms with Gasteiger partial charge >= 0.3 is 5.97 Å². The fraction of sp³-hybridized carbons (Fsp3) is 0.500. The summed E-state index contributed by atoms with van der Waals surface area (Å²) in [7, 11) is 0. The Morgan fingerprint density at radius 3 is 2.47 bits per heavy atom. The molecule has 0 spiro atoms. The Balaban J connectivity index is 2.88. The fourth-order valence-corrected chi connectivity index (χ4v) is 1.64. The number of aromatic nitrogens is 1. The van der Waals surface area contributed by atoms with E-state index in [9.17, 15) is 9.59 Å². The van der Waals surface area contributed by atoms with E-state index in [4.69, 9.17) is 5.11 Å². The summed E-state index contributed by atoms with van der Waals surface area (Å²) in [5, 5.41) is 11.8. The Morgan fingerprint density at radius 2 is 2.05 bits per heavy atom. The second-order valence-corrected chi connectivity index (χ2v) is 5.29. The molecule has 0 aliphatic carbocycles. The second-order valence-electron chi connectivity index (χ2n) is 5.29. The van der Waals surface area contributed by atoms with Crippen molar-refractivity contribution < 1.29 is 14.7 Å². The van der Waals surface area contributed by atoms with Crippen LogP contribution >= 0.6 is 0 Å². The Bertz CT molecular complexity index is 468. The summed E-state index contributed by atoms with van der Waals surface area (Å²) >= 11 is 0. The number of hydrogen-bond acceptors (Lipinski definition) is 3. The van der Waals surface area contributed by atoms with E-state index in [1.54, 1.807) is 19.1 Å². The summed E-state index contributed by atoms with van der Waals surface area (Å²) in [6.07, 6.45) is 1.38. The van der Waals surface area contributed by atoms with Crippen molar-refractivity contribution >= 4 is 11.9 Å². The number of hydrogen-bond donors (Lipinski definition) is 2. The molecule has 19 heavy (non-hydrogen) atoms. The SMILES string of the molecule is Cc1ccc(C(=O)NC(C)(CC(=O)O)C(C)C)cn1. The van der Waals surface area contributed by atoms with Gasteiger partial charge in [0.15, 0.2) is 0 Å². The molecule has 1 aromatic rings. The topological polar surface area (TPSA) is 79.3 Å². The van der Waals surface area contributed by atoms with Crippen molar-refractivity contribution in [1.29, 1.82) is 0 Å². The highest BCUT2D eigenvalue weighted by atomic mass is 16.4. The summed E-state index contributed by atoms with van der Waals surface area (Å²) in [6.45, 7) is 7.35. The van der Waals surface area contributed by atoms with Crippen molar-refractivity contribution in [1.82, 2.24) is 10.3 Å². The van der Waals surface area contributed by atoms with Gasteiger partial charge in [0.05, 0.1) is 17.5 Å². The molecule has 5 nitrogen and oxygen atoms in total. The highest BCUT2D eigenvalue weighted by molar-refractivity contribution is 5.94. The number of carbonyl (C=O) groups excluding carboxylic acids is 1. The molecule has 1 atom stereocenters. The Hall–Kier alpha value is -1.91. The van der Waals surface area contributed by atoms with E-state index in [-0.39, 0.29) is 18.2 Å². The monoisotopic (exact) mass is 264 g/mol. The molecule has 0 aromatic carbocycles. The molecule has 0 saturated heterocycles. The maximum absolute atomic E-state index is 12.1. The molecule has 1 amide bonds. The van der Waals surface area contributed by atoms with E-state index in [1.807, 2.05) is 20.8 Å². The van der Waals surface area contributed by atoms with Gasteiger partial charge in [-0.3, -0.25) is 14.6 Å². The predicted octanol–water partition coefficient (Wildman–Crippen LogP) is 2.01. The Morgan fingerprint density at radius 1 is 1.42 bits per heavy atom. The van der Waals surface area contributed by atoms with Gasteiger partial charge in [-0.1, -0.05) is 13.8 Å². The molecule has 0 fully saturated rings. The molecule has 0 bridgehead atoms. The van der Waals surface area contributed by atoms with Gasteiger partial charge in [-0.2, -0.15) is 0 Å². The normalized spacial score (nSPS) is 13.9. The summed E-state index contributed by atoms with van der Waals surface area (Å²) in [5.74, 6) is -1.23. The molecule has 1 heterocycles. The minimum atomic E-state index is -0.932. The number of pyridine rings is 1. The highest BCUT2D eigenvalue weighted by Crippen LogP contribution is 2.21. The summed E-state index contributed by atoms with van der Waals surface area (Å²) in [6, 6.07) is 3.43. The fourth-order valence-electron chi connectivity index (χ4n) is 1.64. The smallest absolute Gasteiger partial charge is 0.305 e. The summed E-state index contributed by atoms with van der Waals surface area (Å²) in [4.78, 5) is 27.1. The van der Waals surface area contributed by atoms with Crippen LogP contribution in [0.15, 0.2) is 18.3 Å². The number of carboxylic acids is 1. The number of aliphatic carboxylic acids is 1. The Labute approximate surface area is 113 Å². The van der Waals surface area contributed by atoms with Crippen LogP contribution in [0.3, 0.4) is 0 Å². The molecule has 1 rings (SSSR count). The number of aryl methyl sites for hydroxylation is 1. The molecule has 104 valence electrons. The van der Waals surface area contributed by atoms with Gasteiger partial charge < -0.3 is 10.4 Å². The molecule has 2 N–H and O–H groups in total. The van der Waals surface area contributed by atoms with Crippen LogP contribution in [0.25, 0.3) is 0 Å². The molecule has 1 aromatic heterocycles. The Kier molecular flexibility index (Phi) is 4.64. The molecule has 1 unspecified atom stereocenters. The van der Waals surface area contributed by atoms with Crippen LogP contribution in [0.5, 0.6) is 0 Å². The molecule has 0 saturated carbocycles. The third-order valence-corrected chi connectivity index (χ3v) is 3.37. The van der Waals surface area contributed by atoms with Gasteiger partial charge in [0.2, 0.25) is 0 Å². The van der Waals surface area contributed by atoms with Crippen molar-refractivity contribution in [2.45, 2.75) is 39.7 Å². The zero-order chi connectivity index (χ0) is 14.6. The number of amides is 1. The third-order valence-electron chi connectivity index (χ3n) is 3.37. The van der Waals surface area contributed by atoms with E-state index in [1.165, 1.54) is 6.20 Å². The average molecular weight is 264 g/mol. The largest absolute Gasteiger partial charge is 0.481 e. The van der Waals surface area contributed by atoms with Crippen molar-refractivity contribution in [3.8, 4) is 0 Å². The molecule has 0 aliphatic heterocycles. The molecular formula is C14H20N2O3. The third kappa shape index (κ3) is 4.05. The van der Waals surface area contributed by atoms with Gasteiger partial charge in [0.25, 0.3) is 5.91 Å². The van der Waals surface area contributed by atoms with Crippen LogP contribution in [0.1, 0.15) is 43.2 Å². The maximum atomic E-state index is 12.1. The summed E-state index contributed by atoms with van der Waals surface area (Å²) in [5.41, 5.74) is 0.477. The van der Waals surface area contributed by atoms with Crippen LogP contribution in [-0.2, 0) is 4.79 Å². The van der Waals surface area contributed by atoms with Crippen LogP contribution in [0, 0.1) is 12.8 Å². The molecular weight excluding hydrogens is 244 g/mol. The quantitative estimate of drug-likeness (QED) is 0.852. The van der Waals surface area contributed by atoms with E-state index >= 15 is 0 Å². The zero-order valence-electron chi connectivity index (χ0n) is 11.7. The van der Waals surface area contributed by atoms with E-state index in [0.717, 1.165) is 5.69 Å². The van der Waals surface area contributed by atoms with Crippen LogP contribution in [0.2, 0.25) is 0 Å².